The summed E-state index contributed by atoms with van der Waals surface area (Å²) in [6.07, 6.45) is 3.73. The maximum Gasteiger partial charge on any atom is 0.0351 e. The van der Waals surface area contributed by atoms with Crippen molar-refractivity contribution in [2.24, 2.45) is 0 Å². The molecule has 3 heteroatoms. The van der Waals surface area contributed by atoms with Crippen LogP contribution in [-0.4, -0.2) is 36.3 Å². The predicted molar refractivity (Wildman–Crippen MR) is 96.1 cm³/mol. The van der Waals surface area contributed by atoms with Crippen LogP contribution in [-0.2, 0) is 0 Å². The molecule has 0 spiro atoms. The SMILES string of the molecule is Cc1ccc([C@@H](C)CCCCN(CCCl)CCCl)c(C)c1. The normalized spacial score (nSPS) is 12.9. The third-order valence-electron chi connectivity index (χ3n) is 4.12. The van der Waals surface area contributed by atoms with Crippen LogP contribution in [0.5, 0.6) is 0 Å². The predicted octanol–water partition coefficient (Wildman–Crippen LogP) is 5.36. The average Bonchev–Trinajstić information content (AvgIpc) is 2.43. The molecule has 1 aromatic carbocycles. The van der Waals surface area contributed by atoms with Gasteiger partial charge in [-0.25, -0.2) is 0 Å². The Kier molecular flexibility index (Phi) is 9.39. The molecule has 0 radical (unpaired) electrons. The van der Waals surface area contributed by atoms with Crippen molar-refractivity contribution >= 4 is 23.2 Å². The fourth-order valence-corrected chi connectivity index (χ4v) is 3.37. The zero-order chi connectivity index (χ0) is 15.7. The van der Waals surface area contributed by atoms with Crippen molar-refractivity contribution in [2.45, 2.75) is 46.0 Å². The lowest BCUT2D eigenvalue weighted by molar-refractivity contribution is 0.298. The number of hydrogen-bond donors (Lipinski definition) is 0. The number of alkyl halides is 2. The van der Waals surface area contributed by atoms with E-state index in [1.54, 1.807) is 0 Å². The molecule has 0 fully saturated rings. The molecule has 0 amide bonds. The summed E-state index contributed by atoms with van der Waals surface area (Å²) in [7, 11) is 0. The van der Waals surface area contributed by atoms with Gasteiger partial charge in [0, 0.05) is 24.8 Å². The Labute approximate surface area is 140 Å². The molecule has 1 rings (SSSR count). The number of nitrogens with zero attached hydrogens (tertiary/aromatic N) is 1. The Bertz CT molecular complexity index is 400. The van der Waals surface area contributed by atoms with Crippen LogP contribution in [0.4, 0.5) is 0 Å². The Morgan fingerprint density at radius 2 is 1.67 bits per heavy atom. The zero-order valence-corrected chi connectivity index (χ0v) is 15.2. The van der Waals surface area contributed by atoms with Crippen LogP contribution in [0.15, 0.2) is 18.2 Å². The third kappa shape index (κ3) is 7.04. The van der Waals surface area contributed by atoms with Crippen LogP contribution in [0, 0.1) is 13.8 Å². The van der Waals surface area contributed by atoms with E-state index in [-0.39, 0.29) is 0 Å². The minimum atomic E-state index is 0.639. The minimum Gasteiger partial charge on any atom is -0.301 e. The Morgan fingerprint density at radius 1 is 1.00 bits per heavy atom. The van der Waals surface area contributed by atoms with Crippen molar-refractivity contribution in [1.82, 2.24) is 4.90 Å². The molecule has 0 saturated carbocycles. The van der Waals surface area contributed by atoms with Crippen LogP contribution in [0.1, 0.15) is 48.8 Å². The summed E-state index contributed by atoms with van der Waals surface area (Å²) in [5, 5.41) is 0. The minimum absolute atomic E-state index is 0.639. The zero-order valence-electron chi connectivity index (χ0n) is 13.7. The Morgan fingerprint density at radius 3 is 2.24 bits per heavy atom. The summed E-state index contributed by atoms with van der Waals surface area (Å²) in [5.41, 5.74) is 4.27. The molecule has 120 valence electrons. The van der Waals surface area contributed by atoms with E-state index >= 15 is 0 Å². The molecule has 0 aromatic heterocycles. The van der Waals surface area contributed by atoms with Gasteiger partial charge in [0.15, 0.2) is 0 Å². The standard InChI is InChI=1S/C18H29Cl2N/c1-15-7-8-18(17(3)14-15)16(2)6-4-5-11-21(12-9-19)13-10-20/h7-8,14,16H,4-6,9-13H2,1-3H3/t16-/m0/s1. The smallest absolute Gasteiger partial charge is 0.0351 e. The number of unbranched alkanes of at least 4 members (excludes halogenated alkanes) is 1. The quantitative estimate of drug-likeness (QED) is 0.412. The van der Waals surface area contributed by atoms with Gasteiger partial charge in [0.05, 0.1) is 0 Å². The number of aryl methyl sites for hydroxylation is 2. The van der Waals surface area contributed by atoms with Crippen molar-refractivity contribution in [3.05, 3.63) is 34.9 Å². The van der Waals surface area contributed by atoms with E-state index in [1.807, 2.05) is 0 Å². The Hall–Kier alpha value is -0.240. The molecule has 0 unspecified atom stereocenters. The van der Waals surface area contributed by atoms with E-state index in [0.29, 0.717) is 17.7 Å². The van der Waals surface area contributed by atoms with Crippen molar-refractivity contribution in [3.63, 3.8) is 0 Å². The van der Waals surface area contributed by atoms with E-state index in [1.165, 1.54) is 36.0 Å². The molecule has 0 aliphatic heterocycles. The third-order valence-corrected chi connectivity index (χ3v) is 4.46. The summed E-state index contributed by atoms with van der Waals surface area (Å²) >= 11 is 11.6. The highest BCUT2D eigenvalue weighted by atomic mass is 35.5. The summed E-state index contributed by atoms with van der Waals surface area (Å²) in [6.45, 7) is 9.72. The number of rotatable bonds is 10. The molecule has 0 saturated heterocycles. The van der Waals surface area contributed by atoms with Gasteiger partial charge in [-0.2, -0.15) is 0 Å². The second-order valence-electron chi connectivity index (χ2n) is 5.98. The first-order valence-electron chi connectivity index (χ1n) is 8.00. The lowest BCUT2D eigenvalue weighted by atomic mass is 9.91. The van der Waals surface area contributed by atoms with Gasteiger partial charge in [0.2, 0.25) is 0 Å². The molecular formula is C18H29Cl2N. The number of benzene rings is 1. The number of halogens is 2. The second kappa shape index (κ2) is 10.5. The van der Waals surface area contributed by atoms with E-state index in [0.717, 1.165) is 19.6 Å². The van der Waals surface area contributed by atoms with Crippen LogP contribution in [0.25, 0.3) is 0 Å². The summed E-state index contributed by atoms with van der Waals surface area (Å²) in [5.74, 6) is 2.02. The summed E-state index contributed by atoms with van der Waals surface area (Å²) < 4.78 is 0. The van der Waals surface area contributed by atoms with Gasteiger partial charge in [-0.1, -0.05) is 37.1 Å². The molecule has 0 N–H and O–H groups in total. The first-order valence-corrected chi connectivity index (χ1v) is 9.06. The lowest BCUT2D eigenvalue weighted by Crippen LogP contribution is -2.29. The topological polar surface area (TPSA) is 3.24 Å². The van der Waals surface area contributed by atoms with Crippen molar-refractivity contribution in [1.29, 1.82) is 0 Å². The molecule has 0 aliphatic carbocycles. The van der Waals surface area contributed by atoms with Crippen LogP contribution >= 0.6 is 23.2 Å². The van der Waals surface area contributed by atoms with E-state index < -0.39 is 0 Å². The first-order chi connectivity index (χ1) is 10.1. The average molecular weight is 330 g/mol. The van der Waals surface area contributed by atoms with Gasteiger partial charge in [0.25, 0.3) is 0 Å². The van der Waals surface area contributed by atoms with Crippen molar-refractivity contribution in [2.75, 3.05) is 31.4 Å². The van der Waals surface area contributed by atoms with E-state index in [4.69, 9.17) is 23.2 Å². The van der Waals surface area contributed by atoms with Crippen molar-refractivity contribution < 1.29 is 0 Å². The highest BCUT2D eigenvalue weighted by Gasteiger charge is 2.09. The highest BCUT2D eigenvalue weighted by molar-refractivity contribution is 6.18. The number of hydrogen-bond acceptors (Lipinski definition) is 1. The van der Waals surface area contributed by atoms with E-state index in [9.17, 15) is 0 Å². The van der Waals surface area contributed by atoms with Gasteiger partial charge in [0.1, 0.15) is 0 Å². The largest absolute Gasteiger partial charge is 0.301 e. The van der Waals surface area contributed by atoms with Gasteiger partial charge in [-0.05, 0) is 50.3 Å². The maximum absolute atomic E-state index is 5.82. The van der Waals surface area contributed by atoms with Crippen LogP contribution in [0.2, 0.25) is 0 Å². The molecule has 1 nitrogen and oxygen atoms in total. The molecule has 0 heterocycles. The van der Waals surface area contributed by atoms with Gasteiger partial charge in [-0.15, -0.1) is 23.2 Å². The molecule has 1 aromatic rings. The van der Waals surface area contributed by atoms with Gasteiger partial charge >= 0.3 is 0 Å². The molecular weight excluding hydrogens is 301 g/mol. The van der Waals surface area contributed by atoms with Crippen LogP contribution < -0.4 is 0 Å². The van der Waals surface area contributed by atoms with Crippen LogP contribution in [0.3, 0.4) is 0 Å². The fraction of sp³-hybridized carbons (Fsp3) is 0.667. The van der Waals surface area contributed by atoms with Gasteiger partial charge < -0.3 is 4.90 Å². The maximum atomic E-state index is 5.82. The highest BCUT2D eigenvalue weighted by Crippen LogP contribution is 2.25. The molecule has 1 atom stereocenters. The fourth-order valence-electron chi connectivity index (χ4n) is 2.89. The Balaban J connectivity index is 2.34. The monoisotopic (exact) mass is 329 g/mol. The summed E-state index contributed by atoms with van der Waals surface area (Å²) in [6, 6.07) is 6.80. The molecule has 21 heavy (non-hydrogen) atoms. The molecule has 0 bridgehead atoms. The molecule has 0 aliphatic rings. The van der Waals surface area contributed by atoms with Gasteiger partial charge in [-0.3, -0.25) is 0 Å². The first kappa shape index (κ1) is 18.8. The summed E-state index contributed by atoms with van der Waals surface area (Å²) in [4.78, 5) is 2.36. The van der Waals surface area contributed by atoms with E-state index in [2.05, 4.69) is 43.9 Å². The second-order valence-corrected chi connectivity index (χ2v) is 6.73. The van der Waals surface area contributed by atoms with Crippen molar-refractivity contribution in [3.8, 4) is 0 Å². The lowest BCUT2D eigenvalue weighted by Gasteiger charge is -2.20.